The summed E-state index contributed by atoms with van der Waals surface area (Å²) in [4.78, 5) is 11.6. The molecular formula is C16H25NO3. The van der Waals surface area contributed by atoms with Gasteiger partial charge in [0.15, 0.2) is 0 Å². The lowest BCUT2D eigenvalue weighted by atomic mass is 10.1. The van der Waals surface area contributed by atoms with Crippen LogP contribution in [0, 0.1) is 13.8 Å². The highest BCUT2D eigenvalue weighted by atomic mass is 16.6. The number of ether oxygens (including phenoxy) is 2. The van der Waals surface area contributed by atoms with Crippen molar-refractivity contribution in [2.45, 2.75) is 53.2 Å². The average molecular weight is 279 g/mol. The minimum absolute atomic E-state index is 0.120. The number of hydrogen-bond donors (Lipinski definition) is 1. The predicted molar refractivity (Wildman–Crippen MR) is 80.2 cm³/mol. The van der Waals surface area contributed by atoms with Gasteiger partial charge in [-0.3, -0.25) is 0 Å². The summed E-state index contributed by atoms with van der Waals surface area (Å²) in [5.74, 6) is 0.820. The van der Waals surface area contributed by atoms with Crippen molar-refractivity contribution in [2.75, 3.05) is 6.61 Å². The Bertz CT molecular complexity index is 443. The fourth-order valence-corrected chi connectivity index (χ4v) is 1.79. The van der Waals surface area contributed by atoms with Crippen molar-refractivity contribution in [1.82, 2.24) is 5.32 Å². The third-order valence-corrected chi connectivity index (χ3v) is 2.46. The number of aryl methyl sites for hydroxylation is 2. The van der Waals surface area contributed by atoms with Crippen molar-refractivity contribution in [1.29, 1.82) is 0 Å². The maximum absolute atomic E-state index is 11.6. The highest BCUT2D eigenvalue weighted by molar-refractivity contribution is 5.68. The quantitative estimate of drug-likeness (QED) is 0.916. The van der Waals surface area contributed by atoms with E-state index in [0.717, 1.165) is 16.9 Å². The summed E-state index contributed by atoms with van der Waals surface area (Å²) in [5.41, 5.74) is 1.83. The van der Waals surface area contributed by atoms with Crippen molar-refractivity contribution in [2.24, 2.45) is 0 Å². The zero-order valence-corrected chi connectivity index (χ0v) is 13.2. The fraction of sp³-hybridized carbons (Fsp3) is 0.562. The number of benzene rings is 1. The van der Waals surface area contributed by atoms with Gasteiger partial charge in [-0.15, -0.1) is 0 Å². The predicted octanol–water partition coefficient (Wildman–Crippen LogP) is 3.60. The minimum Gasteiger partial charge on any atom is -0.491 e. The summed E-state index contributed by atoms with van der Waals surface area (Å²) in [6, 6.07) is 5.93. The molecule has 1 aromatic rings. The number of carbonyl (C=O) groups is 1. The van der Waals surface area contributed by atoms with Crippen LogP contribution >= 0.6 is 0 Å². The van der Waals surface area contributed by atoms with E-state index in [-0.39, 0.29) is 6.04 Å². The molecule has 0 fully saturated rings. The lowest BCUT2D eigenvalue weighted by Gasteiger charge is -2.22. The van der Waals surface area contributed by atoms with E-state index in [1.807, 2.05) is 53.7 Å². The summed E-state index contributed by atoms with van der Waals surface area (Å²) < 4.78 is 10.9. The van der Waals surface area contributed by atoms with Gasteiger partial charge < -0.3 is 14.8 Å². The zero-order valence-electron chi connectivity index (χ0n) is 13.2. The Labute approximate surface area is 121 Å². The summed E-state index contributed by atoms with van der Waals surface area (Å²) in [6.45, 7) is 11.9. The molecule has 112 valence electrons. The minimum atomic E-state index is -0.488. The van der Waals surface area contributed by atoms with Crippen LogP contribution in [-0.4, -0.2) is 24.3 Å². The van der Waals surface area contributed by atoms with Gasteiger partial charge in [-0.1, -0.05) is 6.07 Å². The Balaban J connectivity index is 2.43. The first-order valence-electron chi connectivity index (χ1n) is 6.86. The second-order valence-electron chi connectivity index (χ2n) is 6.18. The summed E-state index contributed by atoms with van der Waals surface area (Å²) in [5, 5.41) is 2.75. The molecule has 0 radical (unpaired) electrons. The molecule has 4 nitrogen and oxygen atoms in total. The molecule has 0 aliphatic heterocycles. The maximum Gasteiger partial charge on any atom is 0.407 e. The number of carbonyl (C=O) groups excluding carboxylic acids is 1. The van der Waals surface area contributed by atoms with Gasteiger partial charge in [0.2, 0.25) is 0 Å². The van der Waals surface area contributed by atoms with Crippen LogP contribution in [0.1, 0.15) is 38.8 Å². The highest BCUT2D eigenvalue weighted by Crippen LogP contribution is 2.16. The van der Waals surface area contributed by atoms with Gasteiger partial charge in [0, 0.05) is 0 Å². The molecule has 0 aliphatic carbocycles. The van der Waals surface area contributed by atoms with E-state index in [4.69, 9.17) is 9.47 Å². The van der Waals surface area contributed by atoms with E-state index in [2.05, 4.69) is 11.4 Å². The highest BCUT2D eigenvalue weighted by Gasteiger charge is 2.17. The van der Waals surface area contributed by atoms with Crippen LogP contribution in [0.4, 0.5) is 4.79 Å². The normalized spacial score (nSPS) is 12.7. The molecule has 0 spiro atoms. The SMILES string of the molecule is Cc1cc(C)cc(OC[C@@H](C)NC(=O)OC(C)(C)C)c1. The van der Waals surface area contributed by atoms with Crippen molar-refractivity contribution in [3.63, 3.8) is 0 Å². The maximum atomic E-state index is 11.6. The summed E-state index contributed by atoms with van der Waals surface area (Å²) >= 11 is 0. The van der Waals surface area contributed by atoms with Crippen LogP contribution in [0.3, 0.4) is 0 Å². The Kier molecular flexibility index (Phi) is 5.43. The molecule has 4 heteroatoms. The van der Waals surface area contributed by atoms with E-state index >= 15 is 0 Å². The molecule has 0 bridgehead atoms. The summed E-state index contributed by atoms with van der Waals surface area (Å²) in [7, 11) is 0. The molecular weight excluding hydrogens is 254 g/mol. The summed E-state index contributed by atoms with van der Waals surface area (Å²) in [6.07, 6.45) is -0.422. The van der Waals surface area contributed by atoms with Crippen LogP contribution < -0.4 is 10.1 Å². The number of amides is 1. The zero-order chi connectivity index (χ0) is 15.3. The Morgan fingerprint density at radius 3 is 2.25 bits per heavy atom. The van der Waals surface area contributed by atoms with Gasteiger partial charge in [0.1, 0.15) is 18.0 Å². The van der Waals surface area contributed by atoms with Gasteiger partial charge >= 0.3 is 6.09 Å². The first kappa shape index (κ1) is 16.3. The van der Waals surface area contributed by atoms with Crippen LogP contribution in [0.5, 0.6) is 5.75 Å². The number of nitrogens with one attached hydrogen (secondary N) is 1. The van der Waals surface area contributed by atoms with E-state index < -0.39 is 11.7 Å². The molecule has 1 N–H and O–H groups in total. The van der Waals surface area contributed by atoms with Gasteiger partial charge in [0.05, 0.1) is 6.04 Å². The van der Waals surface area contributed by atoms with E-state index in [9.17, 15) is 4.79 Å². The first-order chi connectivity index (χ1) is 9.15. The molecule has 0 heterocycles. The van der Waals surface area contributed by atoms with Crippen LogP contribution in [-0.2, 0) is 4.74 Å². The Morgan fingerprint density at radius 2 is 1.75 bits per heavy atom. The average Bonchev–Trinajstić information content (AvgIpc) is 2.22. The van der Waals surface area contributed by atoms with Crippen molar-refractivity contribution < 1.29 is 14.3 Å². The molecule has 1 atom stereocenters. The first-order valence-corrected chi connectivity index (χ1v) is 6.86. The van der Waals surface area contributed by atoms with Gasteiger partial charge in [-0.2, -0.15) is 0 Å². The lowest BCUT2D eigenvalue weighted by Crippen LogP contribution is -2.40. The second-order valence-corrected chi connectivity index (χ2v) is 6.18. The molecule has 1 aromatic carbocycles. The molecule has 0 unspecified atom stereocenters. The smallest absolute Gasteiger partial charge is 0.407 e. The van der Waals surface area contributed by atoms with Gasteiger partial charge in [-0.05, 0) is 64.8 Å². The number of rotatable bonds is 4. The Hall–Kier alpha value is -1.71. The van der Waals surface area contributed by atoms with Crippen LogP contribution in [0.2, 0.25) is 0 Å². The largest absolute Gasteiger partial charge is 0.491 e. The molecule has 0 aromatic heterocycles. The topological polar surface area (TPSA) is 47.6 Å². The lowest BCUT2D eigenvalue weighted by molar-refractivity contribution is 0.0494. The van der Waals surface area contributed by atoms with Crippen LogP contribution in [0.25, 0.3) is 0 Å². The fourth-order valence-electron chi connectivity index (χ4n) is 1.79. The molecule has 20 heavy (non-hydrogen) atoms. The molecule has 0 saturated carbocycles. The standard InChI is InChI=1S/C16H25NO3/c1-11-7-12(2)9-14(8-11)19-10-13(3)17-15(18)20-16(4,5)6/h7-9,13H,10H2,1-6H3,(H,17,18)/t13-/m1/s1. The van der Waals surface area contributed by atoms with E-state index in [1.54, 1.807) is 0 Å². The molecule has 0 aliphatic rings. The van der Waals surface area contributed by atoms with Crippen molar-refractivity contribution >= 4 is 6.09 Å². The van der Waals surface area contributed by atoms with Gasteiger partial charge in [0.25, 0.3) is 0 Å². The Morgan fingerprint density at radius 1 is 1.20 bits per heavy atom. The second kappa shape index (κ2) is 6.64. The van der Waals surface area contributed by atoms with E-state index in [1.165, 1.54) is 0 Å². The monoisotopic (exact) mass is 279 g/mol. The number of hydrogen-bond acceptors (Lipinski definition) is 3. The number of alkyl carbamates (subject to hydrolysis) is 1. The third kappa shape index (κ3) is 6.45. The van der Waals surface area contributed by atoms with Crippen molar-refractivity contribution in [3.8, 4) is 5.75 Å². The van der Waals surface area contributed by atoms with E-state index in [0.29, 0.717) is 6.61 Å². The van der Waals surface area contributed by atoms with Crippen molar-refractivity contribution in [3.05, 3.63) is 29.3 Å². The molecule has 0 saturated heterocycles. The third-order valence-electron chi connectivity index (χ3n) is 2.46. The van der Waals surface area contributed by atoms with Crippen LogP contribution in [0.15, 0.2) is 18.2 Å². The molecule has 1 amide bonds. The molecule has 1 rings (SSSR count). The van der Waals surface area contributed by atoms with Gasteiger partial charge in [-0.25, -0.2) is 4.79 Å².